The van der Waals surface area contributed by atoms with Crippen molar-refractivity contribution in [1.29, 1.82) is 0 Å². The fraction of sp³-hybridized carbons (Fsp3) is 0.647. The second-order valence-electron chi connectivity index (χ2n) is 5.51. The molecule has 0 spiro atoms. The number of nitrogens with one attached hydrogen (secondary N) is 1. The quantitative estimate of drug-likeness (QED) is 0.706. The zero-order valence-electron chi connectivity index (χ0n) is 13.3. The predicted octanol–water partition coefficient (Wildman–Crippen LogP) is 4.61. The first-order chi connectivity index (χ1) is 9.56. The summed E-state index contributed by atoms with van der Waals surface area (Å²) in [5.41, 5.74) is 1.35. The topological polar surface area (TPSA) is 15.3 Å². The number of rotatable bonds is 9. The van der Waals surface area contributed by atoms with Crippen molar-refractivity contribution in [3.05, 3.63) is 34.3 Å². The summed E-state index contributed by atoms with van der Waals surface area (Å²) in [6.07, 6.45) is 2.50. The van der Waals surface area contributed by atoms with E-state index in [4.69, 9.17) is 0 Å². The van der Waals surface area contributed by atoms with Gasteiger partial charge in [-0.05, 0) is 64.0 Å². The zero-order valence-corrected chi connectivity index (χ0v) is 14.9. The molecule has 0 saturated carbocycles. The third-order valence-electron chi connectivity index (χ3n) is 3.91. The van der Waals surface area contributed by atoms with Crippen molar-refractivity contribution in [1.82, 2.24) is 10.2 Å². The van der Waals surface area contributed by atoms with Crippen molar-refractivity contribution < 1.29 is 0 Å². The molecule has 0 aliphatic rings. The van der Waals surface area contributed by atoms with Crippen LogP contribution in [0.25, 0.3) is 0 Å². The maximum Gasteiger partial charge on any atom is 0.0294 e. The van der Waals surface area contributed by atoms with Crippen molar-refractivity contribution in [2.75, 3.05) is 19.6 Å². The number of halogens is 1. The van der Waals surface area contributed by atoms with Gasteiger partial charge in [0.25, 0.3) is 0 Å². The molecule has 0 aliphatic heterocycles. The normalized spacial score (nSPS) is 14.5. The molecule has 3 heteroatoms. The van der Waals surface area contributed by atoms with Crippen LogP contribution in [0.5, 0.6) is 0 Å². The minimum Gasteiger partial charge on any atom is -0.308 e. The van der Waals surface area contributed by atoms with E-state index >= 15 is 0 Å². The number of hydrogen-bond acceptors (Lipinski definition) is 2. The molecule has 114 valence electrons. The summed E-state index contributed by atoms with van der Waals surface area (Å²) in [5.74, 6) is 0. The molecule has 2 atom stereocenters. The summed E-state index contributed by atoms with van der Waals surface area (Å²) in [4.78, 5) is 2.49. The molecule has 2 unspecified atom stereocenters. The largest absolute Gasteiger partial charge is 0.308 e. The Labute approximate surface area is 133 Å². The fourth-order valence-corrected chi connectivity index (χ4v) is 2.78. The van der Waals surface area contributed by atoms with Crippen molar-refractivity contribution >= 4 is 15.9 Å². The Bertz CT molecular complexity index is 360. The summed E-state index contributed by atoms with van der Waals surface area (Å²) < 4.78 is 1.14. The van der Waals surface area contributed by atoms with Crippen LogP contribution >= 0.6 is 15.9 Å². The Kier molecular flexibility index (Phi) is 8.43. The number of nitrogens with zero attached hydrogens (tertiary/aromatic N) is 1. The van der Waals surface area contributed by atoms with Gasteiger partial charge in [0.1, 0.15) is 0 Å². The average molecular weight is 341 g/mol. The second kappa shape index (κ2) is 9.54. The van der Waals surface area contributed by atoms with E-state index in [0.717, 1.165) is 17.6 Å². The van der Waals surface area contributed by atoms with Crippen LogP contribution in [-0.2, 0) is 0 Å². The molecule has 0 bridgehead atoms. The van der Waals surface area contributed by atoms with Gasteiger partial charge in [-0.2, -0.15) is 0 Å². The SMILES string of the molecule is CCN(CC)CCCC(C)NC(C)c1ccc(Br)cc1. The fourth-order valence-electron chi connectivity index (χ4n) is 2.52. The van der Waals surface area contributed by atoms with Gasteiger partial charge in [0.2, 0.25) is 0 Å². The molecule has 0 fully saturated rings. The molecule has 1 rings (SSSR count). The van der Waals surface area contributed by atoms with Gasteiger partial charge in [-0.15, -0.1) is 0 Å². The van der Waals surface area contributed by atoms with Gasteiger partial charge in [-0.25, -0.2) is 0 Å². The zero-order chi connectivity index (χ0) is 15.0. The van der Waals surface area contributed by atoms with E-state index in [1.165, 1.54) is 24.9 Å². The molecule has 0 saturated heterocycles. The third-order valence-corrected chi connectivity index (χ3v) is 4.44. The minimum absolute atomic E-state index is 0.409. The lowest BCUT2D eigenvalue weighted by Gasteiger charge is -2.22. The Morgan fingerprint density at radius 1 is 1.10 bits per heavy atom. The highest BCUT2D eigenvalue weighted by molar-refractivity contribution is 9.10. The van der Waals surface area contributed by atoms with Gasteiger partial charge in [-0.3, -0.25) is 0 Å². The highest BCUT2D eigenvalue weighted by atomic mass is 79.9. The van der Waals surface area contributed by atoms with E-state index in [1.807, 2.05) is 0 Å². The molecule has 1 aromatic carbocycles. The van der Waals surface area contributed by atoms with Crippen molar-refractivity contribution in [2.45, 2.75) is 52.6 Å². The lowest BCUT2D eigenvalue weighted by molar-refractivity contribution is 0.288. The molecular formula is C17H29BrN2. The van der Waals surface area contributed by atoms with Crippen LogP contribution in [0.1, 0.15) is 52.1 Å². The predicted molar refractivity (Wildman–Crippen MR) is 92.2 cm³/mol. The van der Waals surface area contributed by atoms with Crippen LogP contribution in [0.15, 0.2) is 28.7 Å². The van der Waals surface area contributed by atoms with E-state index in [0.29, 0.717) is 12.1 Å². The van der Waals surface area contributed by atoms with Gasteiger partial charge in [-0.1, -0.05) is 41.9 Å². The first-order valence-electron chi connectivity index (χ1n) is 7.80. The van der Waals surface area contributed by atoms with E-state index in [-0.39, 0.29) is 0 Å². The monoisotopic (exact) mass is 340 g/mol. The standard InChI is InChI=1S/C17H29BrN2/c1-5-20(6-2)13-7-8-14(3)19-15(4)16-9-11-17(18)12-10-16/h9-12,14-15,19H,5-8,13H2,1-4H3. The van der Waals surface area contributed by atoms with Crippen molar-refractivity contribution in [2.24, 2.45) is 0 Å². The first kappa shape index (κ1) is 17.7. The van der Waals surface area contributed by atoms with Gasteiger partial charge in [0.05, 0.1) is 0 Å². The summed E-state index contributed by atoms with van der Waals surface area (Å²) in [5, 5.41) is 3.69. The first-order valence-corrected chi connectivity index (χ1v) is 8.60. The molecule has 0 heterocycles. The van der Waals surface area contributed by atoms with Gasteiger partial charge >= 0.3 is 0 Å². The third kappa shape index (κ3) is 6.38. The molecule has 0 amide bonds. The lowest BCUT2D eigenvalue weighted by Crippen LogP contribution is -2.30. The van der Waals surface area contributed by atoms with Crippen LogP contribution in [0.4, 0.5) is 0 Å². The molecule has 0 radical (unpaired) electrons. The number of benzene rings is 1. The summed E-state index contributed by atoms with van der Waals surface area (Å²) in [6, 6.07) is 9.56. The van der Waals surface area contributed by atoms with Crippen LogP contribution in [0.3, 0.4) is 0 Å². The highest BCUT2D eigenvalue weighted by Gasteiger charge is 2.09. The van der Waals surface area contributed by atoms with Crippen LogP contribution < -0.4 is 5.32 Å². The van der Waals surface area contributed by atoms with E-state index < -0.39 is 0 Å². The van der Waals surface area contributed by atoms with Crippen LogP contribution in [0, 0.1) is 0 Å². The Morgan fingerprint density at radius 3 is 2.25 bits per heavy atom. The van der Waals surface area contributed by atoms with Crippen LogP contribution in [0.2, 0.25) is 0 Å². The molecular weight excluding hydrogens is 312 g/mol. The summed E-state index contributed by atoms with van der Waals surface area (Å²) >= 11 is 3.48. The van der Waals surface area contributed by atoms with E-state index in [1.54, 1.807) is 0 Å². The average Bonchev–Trinajstić information content (AvgIpc) is 2.44. The Hall–Kier alpha value is -0.380. The van der Waals surface area contributed by atoms with Crippen molar-refractivity contribution in [3.8, 4) is 0 Å². The Morgan fingerprint density at radius 2 is 1.70 bits per heavy atom. The second-order valence-corrected chi connectivity index (χ2v) is 6.43. The maximum absolute atomic E-state index is 3.69. The molecule has 1 N–H and O–H groups in total. The Balaban J connectivity index is 2.31. The maximum atomic E-state index is 3.69. The smallest absolute Gasteiger partial charge is 0.0294 e. The van der Waals surface area contributed by atoms with Gasteiger partial charge in [0.15, 0.2) is 0 Å². The van der Waals surface area contributed by atoms with E-state index in [9.17, 15) is 0 Å². The minimum atomic E-state index is 0.409. The molecule has 0 aliphatic carbocycles. The van der Waals surface area contributed by atoms with Gasteiger partial charge < -0.3 is 10.2 Å². The van der Waals surface area contributed by atoms with Crippen LogP contribution in [-0.4, -0.2) is 30.6 Å². The number of hydrogen-bond donors (Lipinski definition) is 1. The summed E-state index contributed by atoms with van der Waals surface area (Å²) in [7, 11) is 0. The summed E-state index contributed by atoms with van der Waals surface area (Å²) in [6.45, 7) is 12.5. The lowest BCUT2D eigenvalue weighted by atomic mass is 10.1. The molecule has 2 nitrogen and oxygen atoms in total. The highest BCUT2D eigenvalue weighted by Crippen LogP contribution is 2.17. The molecule has 0 aromatic heterocycles. The van der Waals surface area contributed by atoms with E-state index in [2.05, 4.69) is 78.1 Å². The van der Waals surface area contributed by atoms with Crippen molar-refractivity contribution in [3.63, 3.8) is 0 Å². The molecule has 1 aromatic rings. The molecule has 20 heavy (non-hydrogen) atoms. The van der Waals surface area contributed by atoms with Gasteiger partial charge in [0, 0.05) is 16.6 Å².